The number of anilines is 1. The van der Waals surface area contributed by atoms with Crippen LogP contribution >= 0.6 is 11.3 Å². The monoisotopic (exact) mass is 384 g/mol. The number of carbonyl (C=O) groups is 1. The van der Waals surface area contributed by atoms with E-state index in [2.05, 4.69) is 15.5 Å². The zero-order chi connectivity index (χ0) is 19.4. The van der Waals surface area contributed by atoms with Gasteiger partial charge in [-0.3, -0.25) is 20.2 Å². The summed E-state index contributed by atoms with van der Waals surface area (Å²) in [6.07, 6.45) is 0.536. The Hall–Kier alpha value is -3.33. The summed E-state index contributed by atoms with van der Waals surface area (Å²) in [5, 5.41) is 22.7. The largest absolute Gasteiger partial charge is 0.496 e. The van der Waals surface area contributed by atoms with Gasteiger partial charge in [-0.25, -0.2) is 0 Å². The number of methoxy groups -OCH3 is 1. The molecule has 0 bridgehead atoms. The number of nitrogens with one attached hydrogen (secondary N) is 1. The average Bonchev–Trinajstić information content (AvgIpc) is 3.08. The van der Waals surface area contributed by atoms with Crippen LogP contribution in [0.1, 0.15) is 26.5 Å². The number of nitro groups is 1. The zero-order valence-corrected chi connectivity index (χ0v) is 15.4. The van der Waals surface area contributed by atoms with E-state index in [0.29, 0.717) is 22.7 Å². The summed E-state index contributed by atoms with van der Waals surface area (Å²) in [7, 11) is 1.61. The topological polar surface area (TPSA) is 107 Å². The molecule has 0 saturated heterocycles. The van der Waals surface area contributed by atoms with E-state index in [1.165, 1.54) is 29.5 Å². The van der Waals surface area contributed by atoms with E-state index >= 15 is 0 Å². The van der Waals surface area contributed by atoms with E-state index in [4.69, 9.17) is 4.74 Å². The number of nitro benzene ring substituents is 1. The molecule has 0 aliphatic heterocycles. The van der Waals surface area contributed by atoms with Crippen LogP contribution in [-0.4, -0.2) is 28.1 Å². The van der Waals surface area contributed by atoms with E-state index in [1.807, 2.05) is 24.3 Å². The Morgan fingerprint density at radius 3 is 2.74 bits per heavy atom. The lowest BCUT2D eigenvalue weighted by atomic mass is 10.1. The summed E-state index contributed by atoms with van der Waals surface area (Å²) in [5.74, 6) is 0.368. The standard InChI is InChI=1S/C18H16N4O4S/c1-11-9-13(7-8-14(11)22(24)25)17(23)19-18-21-20-16(27-18)10-12-5-3-4-6-15(12)26-2/h3-9H,10H2,1-2H3,(H,19,21,23). The van der Waals surface area contributed by atoms with Gasteiger partial charge in [-0.1, -0.05) is 29.5 Å². The summed E-state index contributed by atoms with van der Waals surface area (Å²) in [4.78, 5) is 22.7. The second-order valence-corrected chi connectivity index (χ2v) is 6.76. The third-order valence-corrected chi connectivity index (χ3v) is 4.72. The summed E-state index contributed by atoms with van der Waals surface area (Å²) in [6.45, 7) is 1.59. The lowest BCUT2D eigenvalue weighted by Crippen LogP contribution is -2.12. The van der Waals surface area contributed by atoms with Crippen LogP contribution in [0.15, 0.2) is 42.5 Å². The second-order valence-electron chi connectivity index (χ2n) is 5.70. The Morgan fingerprint density at radius 1 is 1.26 bits per heavy atom. The van der Waals surface area contributed by atoms with E-state index < -0.39 is 10.8 Å². The van der Waals surface area contributed by atoms with Gasteiger partial charge in [0.1, 0.15) is 10.8 Å². The Bertz CT molecular complexity index is 1000. The molecular weight excluding hydrogens is 368 g/mol. The first-order valence-corrected chi connectivity index (χ1v) is 8.80. The molecule has 9 heteroatoms. The summed E-state index contributed by atoms with van der Waals surface area (Å²) >= 11 is 1.26. The SMILES string of the molecule is COc1ccccc1Cc1nnc(NC(=O)c2ccc([N+](=O)[O-])c(C)c2)s1. The Morgan fingerprint density at radius 2 is 2.04 bits per heavy atom. The number of benzene rings is 2. The third kappa shape index (κ3) is 4.26. The first kappa shape index (κ1) is 18.5. The molecule has 0 aliphatic rings. The molecule has 8 nitrogen and oxygen atoms in total. The fraction of sp³-hybridized carbons (Fsp3) is 0.167. The van der Waals surface area contributed by atoms with Crippen molar-refractivity contribution in [3.8, 4) is 5.75 Å². The number of nitrogens with zero attached hydrogens (tertiary/aromatic N) is 3. The number of hydrogen-bond donors (Lipinski definition) is 1. The highest BCUT2D eigenvalue weighted by atomic mass is 32.1. The fourth-order valence-electron chi connectivity index (χ4n) is 2.56. The van der Waals surface area contributed by atoms with Crippen LogP contribution in [0.5, 0.6) is 5.75 Å². The predicted molar refractivity (Wildman–Crippen MR) is 101 cm³/mol. The maximum atomic E-state index is 12.4. The molecule has 3 rings (SSSR count). The van der Waals surface area contributed by atoms with Crippen molar-refractivity contribution in [2.75, 3.05) is 12.4 Å². The summed E-state index contributed by atoms with van der Waals surface area (Å²) in [6, 6.07) is 11.8. The van der Waals surface area contributed by atoms with Crippen molar-refractivity contribution >= 4 is 28.1 Å². The van der Waals surface area contributed by atoms with Gasteiger partial charge in [0.15, 0.2) is 0 Å². The molecule has 1 heterocycles. The Labute approximate surface area is 159 Å². The Kier molecular flexibility index (Phi) is 5.41. The molecule has 1 N–H and O–H groups in total. The quantitative estimate of drug-likeness (QED) is 0.514. The molecule has 0 saturated carbocycles. The highest BCUT2D eigenvalue weighted by molar-refractivity contribution is 7.15. The minimum absolute atomic E-state index is 0.0263. The first-order chi connectivity index (χ1) is 13.0. The molecule has 1 aromatic heterocycles. The van der Waals surface area contributed by atoms with Gasteiger partial charge in [0.2, 0.25) is 5.13 Å². The van der Waals surface area contributed by atoms with Crippen molar-refractivity contribution in [2.24, 2.45) is 0 Å². The number of amides is 1. The van der Waals surface area contributed by atoms with Gasteiger partial charge in [0.25, 0.3) is 11.6 Å². The van der Waals surface area contributed by atoms with E-state index in [0.717, 1.165) is 16.3 Å². The van der Waals surface area contributed by atoms with Crippen molar-refractivity contribution in [3.63, 3.8) is 0 Å². The van der Waals surface area contributed by atoms with E-state index in [-0.39, 0.29) is 5.69 Å². The molecule has 0 fully saturated rings. The number of para-hydroxylation sites is 1. The molecule has 0 spiro atoms. The molecule has 0 atom stereocenters. The van der Waals surface area contributed by atoms with Crippen molar-refractivity contribution in [1.82, 2.24) is 10.2 Å². The highest BCUT2D eigenvalue weighted by Crippen LogP contribution is 2.25. The van der Waals surface area contributed by atoms with Crippen LogP contribution in [0, 0.1) is 17.0 Å². The van der Waals surface area contributed by atoms with Gasteiger partial charge in [-0.15, -0.1) is 10.2 Å². The first-order valence-electron chi connectivity index (χ1n) is 7.98. The number of rotatable bonds is 6. The van der Waals surface area contributed by atoms with Gasteiger partial charge in [0, 0.05) is 29.2 Å². The van der Waals surface area contributed by atoms with Gasteiger partial charge in [0.05, 0.1) is 12.0 Å². The number of ether oxygens (including phenoxy) is 1. The number of hydrogen-bond acceptors (Lipinski definition) is 7. The van der Waals surface area contributed by atoms with Crippen LogP contribution in [0.2, 0.25) is 0 Å². The average molecular weight is 384 g/mol. The fourth-order valence-corrected chi connectivity index (χ4v) is 3.32. The lowest BCUT2D eigenvalue weighted by Gasteiger charge is -2.05. The molecule has 1 amide bonds. The zero-order valence-electron chi connectivity index (χ0n) is 14.6. The van der Waals surface area contributed by atoms with Crippen LogP contribution in [0.3, 0.4) is 0 Å². The number of aryl methyl sites for hydroxylation is 1. The third-order valence-electron chi connectivity index (χ3n) is 3.88. The molecule has 3 aromatic rings. The molecule has 27 heavy (non-hydrogen) atoms. The molecule has 0 radical (unpaired) electrons. The van der Waals surface area contributed by atoms with Gasteiger partial charge >= 0.3 is 0 Å². The molecule has 2 aromatic carbocycles. The van der Waals surface area contributed by atoms with Crippen LogP contribution in [0.4, 0.5) is 10.8 Å². The van der Waals surface area contributed by atoms with Crippen molar-refractivity contribution in [1.29, 1.82) is 0 Å². The van der Waals surface area contributed by atoms with Gasteiger partial charge in [-0.2, -0.15) is 0 Å². The number of carbonyl (C=O) groups excluding carboxylic acids is 1. The molecule has 0 unspecified atom stereocenters. The molecule has 138 valence electrons. The highest BCUT2D eigenvalue weighted by Gasteiger charge is 2.16. The van der Waals surface area contributed by atoms with Gasteiger partial charge < -0.3 is 4.74 Å². The minimum Gasteiger partial charge on any atom is -0.496 e. The molecule has 0 aliphatic carbocycles. The second kappa shape index (κ2) is 7.92. The van der Waals surface area contributed by atoms with Crippen molar-refractivity contribution in [2.45, 2.75) is 13.3 Å². The number of aromatic nitrogens is 2. The maximum Gasteiger partial charge on any atom is 0.272 e. The summed E-state index contributed by atoms with van der Waals surface area (Å²) in [5.41, 5.74) is 1.68. The maximum absolute atomic E-state index is 12.4. The smallest absolute Gasteiger partial charge is 0.272 e. The summed E-state index contributed by atoms with van der Waals surface area (Å²) < 4.78 is 5.32. The Balaban J connectivity index is 1.71. The predicted octanol–water partition coefficient (Wildman–Crippen LogP) is 3.61. The van der Waals surface area contributed by atoms with Crippen molar-refractivity contribution < 1.29 is 14.5 Å². The molecular formula is C18H16N4O4S. The minimum atomic E-state index is -0.480. The van der Waals surface area contributed by atoms with Gasteiger partial charge in [-0.05, 0) is 25.1 Å². The lowest BCUT2D eigenvalue weighted by molar-refractivity contribution is -0.385. The normalized spacial score (nSPS) is 10.4. The van der Waals surface area contributed by atoms with Crippen molar-refractivity contribution in [3.05, 3.63) is 74.3 Å². The van der Waals surface area contributed by atoms with Crippen LogP contribution in [0.25, 0.3) is 0 Å². The van der Waals surface area contributed by atoms with Crippen LogP contribution < -0.4 is 10.1 Å². The van der Waals surface area contributed by atoms with E-state index in [9.17, 15) is 14.9 Å². The van der Waals surface area contributed by atoms with Crippen LogP contribution in [-0.2, 0) is 6.42 Å². The van der Waals surface area contributed by atoms with E-state index in [1.54, 1.807) is 14.0 Å².